The Morgan fingerprint density at radius 2 is 1.64 bits per heavy atom. The predicted molar refractivity (Wildman–Crippen MR) is 128 cm³/mol. The van der Waals surface area contributed by atoms with E-state index in [0.29, 0.717) is 5.75 Å². The largest absolute Gasteiger partial charge is 0.497 e. The molecule has 1 amide bonds. The molecule has 0 radical (unpaired) electrons. The first-order chi connectivity index (χ1) is 16.0. The number of carbonyl (C=O) groups is 1. The number of anilines is 1. The lowest BCUT2D eigenvalue weighted by atomic mass is 9.99. The second-order valence-electron chi connectivity index (χ2n) is 7.84. The number of hydrogen-bond acceptors (Lipinski definition) is 6. The highest BCUT2D eigenvalue weighted by Gasteiger charge is 2.29. The van der Waals surface area contributed by atoms with Crippen molar-refractivity contribution < 1.29 is 22.7 Å². The Labute approximate surface area is 195 Å². The standard InChI is InChI=1S/C24H31N3O5S/c1-31-20-15-16-22(23(17-20)32-2)27(33(29,30)21-13-9-6-10-14-21)18-24(28)26-25-19-11-7-4-3-5-8-12-19/h6,9-10,13-17H,3-5,7-8,11-12,18H2,1-2H3,(H,26,28). The third-order valence-electron chi connectivity index (χ3n) is 5.54. The van der Waals surface area contributed by atoms with Gasteiger partial charge in [0.15, 0.2) is 0 Å². The predicted octanol–water partition coefficient (Wildman–Crippen LogP) is 4.12. The molecule has 178 valence electrons. The highest BCUT2D eigenvalue weighted by molar-refractivity contribution is 7.92. The van der Waals surface area contributed by atoms with E-state index in [2.05, 4.69) is 10.5 Å². The van der Waals surface area contributed by atoms with Crippen LogP contribution in [0.5, 0.6) is 11.5 Å². The summed E-state index contributed by atoms with van der Waals surface area (Å²) >= 11 is 0. The maximum absolute atomic E-state index is 13.5. The van der Waals surface area contributed by atoms with Gasteiger partial charge in [-0.15, -0.1) is 0 Å². The van der Waals surface area contributed by atoms with E-state index in [0.717, 1.165) is 48.5 Å². The zero-order valence-corrected chi connectivity index (χ0v) is 19.9. The minimum absolute atomic E-state index is 0.0713. The smallest absolute Gasteiger partial charge is 0.264 e. The molecule has 1 aliphatic carbocycles. The number of carbonyl (C=O) groups excluding carboxylic acids is 1. The third-order valence-corrected chi connectivity index (χ3v) is 7.32. The molecule has 2 aromatic carbocycles. The quantitative estimate of drug-likeness (QED) is 0.582. The average molecular weight is 474 g/mol. The van der Waals surface area contributed by atoms with Crippen LogP contribution in [0.2, 0.25) is 0 Å². The molecule has 0 spiro atoms. The number of amides is 1. The van der Waals surface area contributed by atoms with Crippen LogP contribution in [0.15, 0.2) is 58.5 Å². The number of sulfonamides is 1. The minimum Gasteiger partial charge on any atom is -0.497 e. The van der Waals surface area contributed by atoms with Gasteiger partial charge < -0.3 is 9.47 Å². The number of rotatable bonds is 8. The lowest BCUT2D eigenvalue weighted by Gasteiger charge is -2.25. The summed E-state index contributed by atoms with van der Waals surface area (Å²) in [5, 5.41) is 4.30. The summed E-state index contributed by atoms with van der Waals surface area (Å²) in [6.07, 6.45) is 7.34. The molecule has 0 bridgehead atoms. The zero-order valence-electron chi connectivity index (χ0n) is 19.1. The van der Waals surface area contributed by atoms with E-state index >= 15 is 0 Å². The lowest BCUT2D eigenvalue weighted by Crippen LogP contribution is -2.40. The highest BCUT2D eigenvalue weighted by Crippen LogP contribution is 2.35. The van der Waals surface area contributed by atoms with Crippen molar-refractivity contribution in [1.29, 1.82) is 0 Å². The number of benzene rings is 2. The molecule has 1 saturated carbocycles. The molecule has 8 nitrogen and oxygen atoms in total. The van der Waals surface area contributed by atoms with Gasteiger partial charge in [0.25, 0.3) is 15.9 Å². The van der Waals surface area contributed by atoms with Gasteiger partial charge in [-0.05, 0) is 49.9 Å². The van der Waals surface area contributed by atoms with E-state index in [9.17, 15) is 13.2 Å². The maximum atomic E-state index is 13.5. The van der Waals surface area contributed by atoms with Crippen LogP contribution in [-0.4, -0.2) is 40.8 Å². The first kappa shape index (κ1) is 24.6. The summed E-state index contributed by atoms with van der Waals surface area (Å²) in [4.78, 5) is 12.9. The van der Waals surface area contributed by atoms with Crippen molar-refractivity contribution in [3.8, 4) is 11.5 Å². The number of hydrogen-bond donors (Lipinski definition) is 1. The van der Waals surface area contributed by atoms with Gasteiger partial charge in [0, 0.05) is 11.8 Å². The highest BCUT2D eigenvalue weighted by atomic mass is 32.2. The normalized spacial score (nSPS) is 14.5. The fourth-order valence-electron chi connectivity index (χ4n) is 3.74. The molecular weight excluding hydrogens is 442 g/mol. The molecule has 0 atom stereocenters. The fraction of sp³-hybridized carbons (Fsp3) is 0.417. The van der Waals surface area contributed by atoms with Gasteiger partial charge in [-0.25, -0.2) is 13.8 Å². The van der Waals surface area contributed by atoms with E-state index in [4.69, 9.17) is 9.47 Å². The number of methoxy groups -OCH3 is 2. The van der Waals surface area contributed by atoms with E-state index in [1.807, 2.05) is 0 Å². The number of ether oxygens (including phenoxy) is 2. The summed E-state index contributed by atoms with van der Waals surface area (Å²) in [7, 11) is -1.11. The first-order valence-corrected chi connectivity index (χ1v) is 12.5. The van der Waals surface area contributed by atoms with E-state index in [-0.39, 0.29) is 16.3 Å². The second kappa shape index (κ2) is 11.7. The van der Waals surface area contributed by atoms with Crippen LogP contribution in [0.4, 0.5) is 5.69 Å². The van der Waals surface area contributed by atoms with Gasteiger partial charge in [-0.1, -0.05) is 37.5 Å². The van der Waals surface area contributed by atoms with Gasteiger partial charge in [0.05, 0.1) is 24.8 Å². The van der Waals surface area contributed by atoms with Gasteiger partial charge >= 0.3 is 0 Å². The number of nitrogens with one attached hydrogen (secondary N) is 1. The number of nitrogens with zero attached hydrogens (tertiary/aromatic N) is 2. The van der Waals surface area contributed by atoms with Crippen LogP contribution < -0.4 is 19.2 Å². The fourth-order valence-corrected chi connectivity index (χ4v) is 5.20. The molecule has 33 heavy (non-hydrogen) atoms. The monoisotopic (exact) mass is 473 g/mol. The van der Waals surface area contributed by atoms with Crippen LogP contribution in [0.3, 0.4) is 0 Å². The molecule has 1 aliphatic rings. The van der Waals surface area contributed by atoms with Crippen molar-refractivity contribution in [3.63, 3.8) is 0 Å². The molecule has 0 aliphatic heterocycles. The van der Waals surface area contributed by atoms with Crippen molar-refractivity contribution in [2.45, 2.75) is 49.8 Å². The molecule has 2 aromatic rings. The first-order valence-electron chi connectivity index (χ1n) is 11.1. The molecule has 9 heteroatoms. The molecule has 0 heterocycles. The topological polar surface area (TPSA) is 97.3 Å². The summed E-state index contributed by atoms with van der Waals surface area (Å²) < 4.78 is 38.7. The molecule has 0 saturated heterocycles. The van der Waals surface area contributed by atoms with Crippen molar-refractivity contribution >= 4 is 27.3 Å². The summed E-state index contributed by atoms with van der Waals surface area (Å²) in [5.74, 6) is 0.253. The Balaban J connectivity index is 1.90. The van der Waals surface area contributed by atoms with Gasteiger partial charge in [0.2, 0.25) is 0 Å². The van der Waals surface area contributed by atoms with Crippen LogP contribution in [0, 0.1) is 0 Å². The van der Waals surface area contributed by atoms with Gasteiger partial charge in [-0.3, -0.25) is 9.10 Å². The summed E-state index contributed by atoms with van der Waals surface area (Å²) in [6, 6.07) is 12.7. The van der Waals surface area contributed by atoms with Crippen molar-refractivity contribution in [1.82, 2.24) is 5.43 Å². The maximum Gasteiger partial charge on any atom is 0.264 e. The molecule has 0 unspecified atom stereocenters. The molecule has 0 aromatic heterocycles. The second-order valence-corrected chi connectivity index (χ2v) is 9.71. The Morgan fingerprint density at radius 3 is 2.27 bits per heavy atom. The third kappa shape index (κ3) is 6.47. The lowest BCUT2D eigenvalue weighted by molar-refractivity contribution is -0.119. The van der Waals surface area contributed by atoms with Gasteiger partial charge in [-0.2, -0.15) is 5.10 Å². The molecular formula is C24H31N3O5S. The van der Waals surface area contributed by atoms with Crippen molar-refractivity contribution in [2.75, 3.05) is 25.1 Å². The Bertz CT molecular complexity index is 1060. The van der Waals surface area contributed by atoms with Crippen LogP contribution in [0.1, 0.15) is 44.9 Å². The minimum atomic E-state index is -4.05. The van der Waals surface area contributed by atoms with Crippen molar-refractivity contribution in [3.05, 3.63) is 48.5 Å². The Kier molecular flexibility index (Phi) is 8.71. The van der Waals surface area contributed by atoms with Crippen LogP contribution in [0.25, 0.3) is 0 Å². The average Bonchev–Trinajstić information content (AvgIpc) is 2.82. The number of hydrazone groups is 1. The molecule has 3 rings (SSSR count). The Hall–Kier alpha value is -3.07. The zero-order chi connectivity index (χ0) is 23.7. The van der Waals surface area contributed by atoms with Crippen LogP contribution >= 0.6 is 0 Å². The SMILES string of the molecule is COc1ccc(N(CC(=O)NN=C2CCCCCCC2)S(=O)(=O)c2ccccc2)c(OC)c1. The van der Waals surface area contributed by atoms with Gasteiger partial charge in [0.1, 0.15) is 18.0 Å². The van der Waals surface area contributed by atoms with E-state index in [1.165, 1.54) is 32.8 Å². The van der Waals surface area contributed by atoms with Crippen LogP contribution in [-0.2, 0) is 14.8 Å². The summed E-state index contributed by atoms with van der Waals surface area (Å²) in [5.41, 5.74) is 3.74. The summed E-state index contributed by atoms with van der Waals surface area (Å²) in [6.45, 7) is -0.448. The van der Waals surface area contributed by atoms with E-state index in [1.54, 1.807) is 36.4 Å². The van der Waals surface area contributed by atoms with E-state index < -0.39 is 22.5 Å². The van der Waals surface area contributed by atoms with Crippen molar-refractivity contribution in [2.24, 2.45) is 5.10 Å². The molecule has 1 N–H and O–H groups in total. The Morgan fingerprint density at radius 1 is 0.970 bits per heavy atom. The molecule has 1 fully saturated rings.